The van der Waals surface area contributed by atoms with Gasteiger partial charge in [-0.1, -0.05) is 0 Å². The Balaban J connectivity index is 2.16. The van der Waals surface area contributed by atoms with Gasteiger partial charge in [-0.3, -0.25) is 4.79 Å². The van der Waals surface area contributed by atoms with Crippen LogP contribution in [0.3, 0.4) is 0 Å². The van der Waals surface area contributed by atoms with Crippen LogP contribution < -0.4 is 20.5 Å². The van der Waals surface area contributed by atoms with E-state index >= 15 is 0 Å². The van der Waals surface area contributed by atoms with Crippen molar-refractivity contribution in [2.24, 2.45) is 0 Å². The van der Waals surface area contributed by atoms with Gasteiger partial charge in [0.1, 0.15) is 6.42 Å². The highest BCUT2D eigenvalue weighted by molar-refractivity contribution is 5.94. The highest BCUT2D eigenvalue weighted by Gasteiger charge is 2.31. The molecule has 3 N–H and O–H groups in total. The molecule has 110 valence electrons. The van der Waals surface area contributed by atoms with Crippen LogP contribution in [0.25, 0.3) is 0 Å². The van der Waals surface area contributed by atoms with Crippen molar-refractivity contribution in [2.45, 2.75) is 19.0 Å². The summed E-state index contributed by atoms with van der Waals surface area (Å²) in [5.74, 6) is -0.425. The van der Waals surface area contributed by atoms with Crippen molar-refractivity contribution in [3.05, 3.63) is 12.1 Å². The fourth-order valence-corrected chi connectivity index (χ4v) is 1.71. The van der Waals surface area contributed by atoms with E-state index in [1.54, 1.807) is 0 Å². The van der Waals surface area contributed by atoms with Crippen molar-refractivity contribution >= 4 is 17.3 Å². The number of hydrogen-bond donors (Lipinski definition) is 2. The van der Waals surface area contributed by atoms with Gasteiger partial charge in [-0.15, -0.1) is 0 Å². The molecule has 1 amide bonds. The van der Waals surface area contributed by atoms with Gasteiger partial charge in [0.2, 0.25) is 5.91 Å². The molecule has 0 aliphatic carbocycles. The van der Waals surface area contributed by atoms with E-state index in [9.17, 15) is 18.0 Å². The summed E-state index contributed by atoms with van der Waals surface area (Å²) in [6.45, 7) is 0.888. The number of nitrogens with one attached hydrogen (secondary N) is 1. The highest BCUT2D eigenvalue weighted by atomic mass is 19.4. The van der Waals surface area contributed by atoms with Crippen LogP contribution in [-0.4, -0.2) is 25.3 Å². The number of carbonyl (C=O) groups is 1. The predicted molar refractivity (Wildman–Crippen MR) is 65.8 cm³/mol. The number of ether oxygens (including phenoxy) is 2. The molecule has 0 atom stereocenters. The van der Waals surface area contributed by atoms with Gasteiger partial charge in [0.15, 0.2) is 11.5 Å². The van der Waals surface area contributed by atoms with E-state index in [0.717, 1.165) is 0 Å². The van der Waals surface area contributed by atoms with E-state index in [2.05, 4.69) is 5.32 Å². The summed E-state index contributed by atoms with van der Waals surface area (Å²) in [7, 11) is 0. The lowest BCUT2D eigenvalue weighted by atomic mass is 10.2. The van der Waals surface area contributed by atoms with Crippen molar-refractivity contribution in [3.8, 4) is 11.5 Å². The van der Waals surface area contributed by atoms with E-state index in [4.69, 9.17) is 15.2 Å². The lowest BCUT2D eigenvalue weighted by Gasteiger charge is -2.13. The number of carbonyl (C=O) groups excluding carboxylic acids is 1. The fourth-order valence-electron chi connectivity index (χ4n) is 1.71. The third kappa shape index (κ3) is 3.69. The molecule has 1 heterocycles. The second kappa shape index (κ2) is 5.48. The molecule has 1 aliphatic rings. The van der Waals surface area contributed by atoms with Crippen LogP contribution in [0.5, 0.6) is 11.5 Å². The molecular weight excluding hydrogens is 277 g/mol. The maximum atomic E-state index is 12.1. The SMILES string of the molecule is Nc1cc2c(cc1NC(=O)CC(F)(F)F)OCCCO2. The minimum absolute atomic E-state index is 0.0727. The maximum Gasteiger partial charge on any atom is 0.397 e. The van der Waals surface area contributed by atoms with Crippen molar-refractivity contribution in [1.29, 1.82) is 0 Å². The van der Waals surface area contributed by atoms with Crippen LogP contribution in [0.4, 0.5) is 24.5 Å². The molecule has 0 saturated carbocycles. The Morgan fingerprint density at radius 2 is 1.85 bits per heavy atom. The largest absolute Gasteiger partial charge is 0.489 e. The number of halogens is 3. The zero-order chi connectivity index (χ0) is 14.8. The van der Waals surface area contributed by atoms with Gasteiger partial charge in [0.25, 0.3) is 0 Å². The smallest absolute Gasteiger partial charge is 0.397 e. The van der Waals surface area contributed by atoms with E-state index in [-0.39, 0.29) is 11.4 Å². The first kappa shape index (κ1) is 14.3. The predicted octanol–water partition coefficient (Wildman–Crippen LogP) is 2.32. The molecule has 0 aromatic heterocycles. The van der Waals surface area contributed by atoms with Crippen LogP contribution >= 0.6 is 0 Å². The number of alkyl halides is 3. The van der Waals surface area contributed by atoms with Gasteiger partial charge >= 0.3 is 6.18 Å². The van der Waals surface area contributed by atoms with Crippen LogP contribution in [0.2, 0.25) is 0 Å². The second-order valence-electron chi connectivity index (χ2n) is 4.28. The molecular formula is C12H13F3N2O3. The summed E-state index contributed by atoms with van der Waals surface area (Å²) >= 11 is 0. The number of hydrogen-bond acceptors (Lipinski definition) is 4. The average molecular weight is 290 g/mol. The molecule has 1 aromatic carbocycles. The van der Waals surface area contributed by atoms with Gasteiger partial charge in [-0.25, -0.2) is 0 Å². The van der Waals surface area contributed by atoms with E-state index in [1.807, 2.05) is 0 Å². The number of benzene rings is 1. The molecule has 1 aromatic rings. The summed E-state index contributed by atoms with van der Waals surface area (Å²) in [5, 5.41) is 2.12. The normalized spacial score (nSPS) is 14.6. The summed E-state index contributed by atoms with van der Waals surface area (Å²) < 4.78 is 47.0. The summed E-state index contributed by atoms with van der Waals surface area (Å²) in [6.07, 6.45) is -5.45. The fraction of sp³-hybridized carbons (Fsp3) is 0.417. The van der Waals surface area contributed by atoms with Crippen LogP contribution in [0, 0.1) is 0 Å². The number of amides is 1. The zero-order valence-corrected chi connectivity index (χ0v) is 10.4. The minimum atomic E-state index is -4.57. The van der Waals surface area contributed by atoms with Crippen LogP contribution in [0.15, 0.2) is 12.1 Å². The summed E-state index contributed by atoms with van der Waals surface area (Å²) in [5.41, 5.74) is 5.86. The molecule has 0 spiro atoms. The van der Waals surface area contributed by atoms with Gasteiger partial charge in [-0.05, 0) is 0 Å². The molecule has 0 unspecified atom stereocenters. The Labute approximate surface area is 112 Å². The van der Waals surface area contributed by atoms with E-state index in [0.29, 0.717) is 31.1 Å². The molecule has 8 heteroatoms. The third-order valence-corrected chi connectivity index (χ3v) is 2.55. The molecule has 0 saturated heterocycles. The quantitative estimate of drug-likeness (QED) is 0.820. The maximum absolute atomic E-state index is 12.1. The van der Waals surface area contributed by atoms with Crippen molar-refractivity contribution in [3.63, 3.8) is 0 Å². The van der Waals surface area contributed by atoms with E-state index in [1.165, 1.54) is 12.1 Å². The molecule has 2 rings (SSSR count). The number of fused-ring (bicyclic) bond motifs is 1. The average Bonchev–Trinajstić information content (AvgIpc) is 2.52. The Bertz CT molecular complexity index is 517. The lowest BCUT2D eigenvalue weighted by Crippen LogP contribution is -2.21. The Kier molecular flexibility index (Phi) is 3.91. The first-order valence-electron chi connectivity index (χ1n) is 5.91. The van der Waals surface area contributed by atoms with Crippen molar-refractivity contribution in [1.82, 2.24) is 0 Å². The number of nitrogen functional groups attached to an aromatic ring is 1. The van der Waals surface area contributed by atoms with Gasteiger partial charge in [0.05, 0.1) is 24.6 Å². The first-order valence-corrected chi connectivity index (χ1v) is 5.91. The lowest BCUT2D eigenvalue weighted by molar-refractivity contribution is -0.150. The highest BCUT2D eigenvalue weighted by Crippen LogP contribution is 2.36. The van der Waals surface area contributed by atoms with Crippen LogP contribution in [-0.2, 0) is 4.79 Å². The van der Waals surface area contributed by atoms with Crippen molar-refractivity contribution in [2.75, 3.05) is 24.3 Å². The first-order chi connectivity index (χ1) is 9.35. The number of nitrogens with two attached hydrogens (primary N) is 1. The molecule has 0 radical (unpaired) electrons. The second-order valence-corrected chi connectivity index (χ2v) is 4.28. The van der Waals surface area contributed by atoms with Gasteiger partial charge in [0, 0.05) is 18.6 Å². The molecule has 0 fully saturated rings. The third-order valence-electron chi connectivity index (χ3n) is 2.55. The summed E-state index contributed by atoms with van der Waals surface area (Å²) in [4.78, 5) is 11.3. The Hall–Kier alpha value is -2.12. The topological polar surface area (TPSA) is 73.6 Å². The minimum Gasteiger partial charge on any atom is -0.489 e. The zero-order valence-electron chi connectivity index (χ0n) is 10.4. The van der Waals surface area contributed by atoms with Gasteiger partial charge < -0.3 is 20.5 Å². The Morgan fingerprint density at radius 1 is 1.25 bits per heavy atom. The molecule has 5 nitrogen and oxygen atoms in total. The number of anilines is 2. The van der Waals surface area contributed by atoms with Crippen LogP contribution in [0.1, 0.15) is 12.8 Å². The standard InChI is InChI=1S/C12H13F3N2O3/c13-12(14,15)6-11(18)17-8-5-10-9(4-7(8)16)19-2-1-3-20-10/h4-5H,1-3,6,16H2,(H,17,18). The van der Waals surface area contributed by atoms with Crippen molar-refractivity contribution < 1.29 is 27.4 Å². The molecule has 1 aliphatic heterocycles. The molecule has 0 bridgehead atoms. The number of rotatable bonds is 2. The Morgan fingerprint density at radius 3 is 2.45 bits per heavy atom. The molecule has 20 heavy (non-hydrogen) atoms. The van der Waals surface area contributed by atoms with Gasteiger partial charge in [-0.2, -0.15) is 13.2 Å². The summed E-state index contributed by atoms with van der Waals surface area (Å²) in [6, 6.07) is 2.79. The monoisotopic (exact) mass is 290 g/mol. The van der Waals surface area contributed by atoms with E-state index < -0.39 is 18.5 Å².